The number of nitrogens with one attached hydrogen (secondary N) is 1. The van der Waals surface area contributed by atoms with E-state index in [9.17, 15) is 9.18 Å². The summed E-state index contributed by atoms with van der Waals surface area (Å²) in [5.74, 6) is -0.170. The Morgan fingerprint density at radius 2 is 1.84 bits per heavy atom. The first-order valence-electron chi connectivity index (χ1n) is 11.3. The summed E-state index contributed by atoms with van der Waals surface area (Å²) < 4.78 is 15.6. The van der Waals surface area contributed by atoms with Gasteiger partial charge >= 0.3 is 0 Å². The average Bonchev–Trinajstić information content (AvgIpc) is 3.18. The lowest BCUT2D eigenvalue weighted by Crippen LogP contribution is -2.40. The van der Waals surface area contributed by atoms with Gasteiger partial charge in [0.1, 0.15) is 12.4 Å². The van der Waals surface area contributed by atoms with E-state index in [1.165, 1.54) is 38.2 Å². The van der Waals surface area contributed by atoms with Gasteiger partial charge in [0.25, 0.3) is 0 Å². The Morgan fingerprint density at radius 3 is 2.61 bits per heavy atom. The molecule has 5 heteroatoms. The van der Waals surface area contributed by atoms with E-state index in [0.29, 0.717) is 24.7 Å². The molecule has 3 aromatic rings. The molecule has 1 N–H and O–H groups in total. The number of carbonyl (C=O) groups excluding carboxylic acids is 1. The van der Waals surface area contributed by atoms with Crippen molar-refractivity contribution in [2.45, 2.75) is 51.6 Å². The van der Waals surface area contributed by atoms with Crippen LogP contribution in [0.25, 0.3) is 22.0 Å². The number of aromatic nitrogens is 1. The molecular weight excluding hydrogens is 389 g/mol. The van der Waals surface area contributed by atoms with Gasteiger partial charge in [-0.2, -0.15) is 0 Å². The van der Waals surface area contributed by atoms with Crippen molar-refractivity contribution in [3.63, 3.8) is 0 Å². The van der Waals surface area contributed by atoms with Crippen molar-refractivity contribution in [2.75, 3.05) is 20.1 Å². The molecule has 4 rings (SSSR count). The predicted molar refractivity (Wildman–Crippen MR) is 125 cm³/mol. The molecule has 0 saturated heterocycles. The van der Waals surface area contributed by atoms with E-state index in [0.717, 1.165) is 28.6 Å². The second kappa shape index (κ2) is 9.65. The lowest BCUT2D eigenvalue weighted by molar-refractivity contribution is -0.121. The highest BCUT2D eigenvalue weighted by molar-refractivity contribution is 5.87. The number of hydrogen-bond donors (Lipinski definition) is 1. The summed E-state index contributed by atoms with van der Waals surface area (Å²) in [6, 6.07) is 14.0. The van der Waals surface area contributed by atoms with Crippen LogP contribution >= 0.6 is 0 Å². The molecule has 0 bridgehead atoms. The highest BCUT2D eigenvalue weighted by Gasteiger charge is 2.17. The fraction of sp³-hybridized carbons (Fsp3) is 0.423. The Morgan fingerprint density at radius 1 is 1.10 bits per heavy atom. The molecule has 1 heterocycles. The first kappa shape index (κ1) is 21.6. The van der Waals surface area contributed by atoms with Gasteiger partial charge in [-0.3, -0.25) is 4.79 Å². The third-order valence-corrected chi connectivity index (χ3v) is 6.56. The van der Waals surface area contributed by atoms with Crippen LogP contribution in [0.5, 0.6) is 0 Å². The van der Waals surface area contributed by atoms with Crippen LogP contribution in [0.3, 0.4) is 0 Å². The molecule has 1 aliphatic rings. The third-order valence-electron chi connectivity index (χ3n) is 6.56. The van der Waals surface area contributed by atoms with Gasteiger partial charge in [-0.05, 0) is 73.2 Å². The largest absolute Gasteiger partial charge is 0.353 e. The van der Waals surface area contributed by atoms with Crippen molar-refractivity contribution in [3.05, 3.63) is 60.0 Å². The molecule has 4 nitrogen and oxygen atoms in total. The topological polar surface area (TPSA) is 37.3 Å². The standard InChI is InChI=1S/C26H32FN3O/c1-19-16-21(10-11-24(19)27)22-9-8-20-12-14-30(25(20)17-22)18-26(31)28-13-15-29(2)23-6-4-3-5-7-23/h8-12,14,16-17,23H,3-7,13,15,18H2,1-2H3,(H,28,31). The summed E-state index contributed by atoms with van der Waals surface area (Å²) >= 11 is 0. The maximum Gasteiger partial charge on any atom is 0.239 e. The zero-order valence-corrected chi connectivity index (χ0v) is 18.5. The fourth-order valence-corrected chi connectivity index (χ4v) is 4.61. The molecule has 0 unspecified atom stereocenters. The van der Waals surface area contributed by atoms with E-state index in [-0.39, 0.29) is 11.7 Å². The number of nitrogens with zero attached hydrogens (tertiary/aromatic N) is 2. The second-order valence-electron chi connectivity index (χ2n) is 8.80. The van der Waals surface area contributed by atoms with Crippen molar-refractivity contribution in [1.82, 2.24) is 14.8 Å². The number of halogens is 1. The van der Waals surface area contributed by atoms with Gasteiger partial charge in [0.15, 0.2) is 0 Å². The minimum absolute atomic E-state index is 0.0255. The molecule has 1 aliphatic carbocycles. The summed E-state index contributed by atoms with van der Waals surface area (Å²) in [5, 5.41) is 4.16. The van der Waals surface area contributed by atoms with Crippen molar-refractivity contribution in [1.29, 1.82) is 0 Å². The molecule has 0 spiro atoms. The normalized spacial score (nSPS) is 15.0. The molecule has 31 heavy (non-hydrogen) atoms. The van der Waals surface area contributed by atoms with E-state index in [2.05, 4.69) is 29.4 Å². The summed E-state index contributed by atoms with van der Waals surface area (Å²) in [5.41, 5.74) is 3.63. The smallest absolute Gasteiger partial charge is 0.239 e. The Kier molecular flexibility index (Phi) is 6.71. The minimum Gasteiger partial charge on any atom is -0.353 e. The second-order valence-corrected chi connectivity index (χ2v) is 8.80. The van der Waals surface area contributed by atoms with E-state index in [4.69, 9.17) is 0 Å². The lowest BCUT2D eigenvalue weighted by Gasteiger charge is -2.31. The number of likely N-dealkylation sites (N-methyl/N-ethyl adjacent to an activating group) is 1. The molecule has 2 aromatic carbocycles. The predicted octanol–water partition coefficient (Wildman–Crippen LogP) is 5.14. The van der Waals surface area contributed by atoms with Crippen LogP contribution < -0.4 is 5.32 Å². The molecule has 1 aromatic heterocycles. The molecular formula is C26H32FN3O. The molecule has 164 valence electrons. The summed E-state index contributed by atoms with van der Waals surface area (Å²) in [7, 11) is 2.17. The van der Waals surface area contributed by atoms with Crippen LogP contribution in [0.2, 0.25) is 0 Å². The number of hydrogen-bond acceptors (Lipinski definition) is 2. The molecule has 0 radical (unpaired) electrons. The Hall–Kier alpha value is -2.66. The average molecular weight is 422 g/mol. The van der Waals surface area contributed by atoms with Gasteiger partial charge in [0.2, 0.25) is 5.91 Å². The number of benzene rings is 2. The quantitative estimate of drug-likeness (QED) is 0.574. The van der Waals surface area contributed by atoms with Crippen molar-refractivity contribution >= 4 is 16.8 Å². The van der Waals surface area contributed by atoms with Crippen molar-refractivity contribution < 1.29 is 9.18 Å². The van der Waals surface area contributed by atoms with Crippen molar-refractivity contribution in [3.8, 4) is 11.1 Å². The van der Waals surface area contributed by atoms with Crippen LogP contribution in [0.15, 0.2) is 48.7 Å². The number of fused-ring (bicyclic) bond motifs is 1. The maximum absolute atomic E-state index is 13.6. The van der Waals surface area contributed by atoms with E-state index in [1.807, 2.05) is 29.0 Å². The van der Waals surface area contributed by atoms with Gasteiger partial charge in [0.05, 0.1) is 0 Å². The Bertz CT molecular complexity index is 1050. The highest BCUT2D eigenvalue weighted by Crippen LogP contribution is 2.27. The number of carbonyl (C=O) groups is 1. The Labute approximate surface area is 184 Å². The monoisotopic (exact) mass is 421 g/mol. The van der Waals surface area contributed by atoms with Gasteiger partial charge in [0, 0.05) is 30.8 Å². The molecule has 1 amide bonds. The number of aryl methyl sites for hydroxylation is 1. The first-order chi connectivity index (χ1) is 15.0. The molecule has 1 saturated carbocycles. The maximum atomic E-state index is 13.6. The van der Waals surface area contributed by atoms with Crippen molar-refractivity contribution in [2.24, 2.45) is 0 Å². The van der Waals surface area contributed by atoms with Crippen LogP contribution in [0.4, 0.5) is 4.39 Å². The third kappa shape index (κ3) is 5.16. The van der Waals surface area contributed by atoms with E-state index in [1.54, 1.807) is 13.0 Å². The van der Waals surface area contributed by atoms with Gasteiger partial charge in [-0.15, -0.1) is 0 Å². The fourth-order valence-electron chi connectivity index (χ4n) is 4.61. The minimum atomic E-state index is -0.195. The zero-order chi connectivity index (χ0) is 21.8. The van der Waals surface area contributed by atoms with E-state index >= 15 is 0 Å². The molecule has 1 fully saturated rings. The van der Waals surface area contributed by atoms with Crippen LogP contribution in [-0.2, 0) is 11.3 Å². The molecule has 0 aliphatic heterocycles. The summed E-state index contributed by atoms with van der Waals surface area (Å²) in [4.78, 5) is 14.9. The zero-order valence-electron chi connectivity index (χ0n) is 18.5. The van der Waals surface area contributed by atoms with Gasteiger partial charge < -0.3 is 14.8 Å². The van der Waals surface area contributed by atoms with Crippen LogP contribution in [0.1, 0.15) is 37.7 Å². The molecule has 0 atom stereocenters. The summed E-state index contributed by atoms with van der Waals surface area (Å²) in [6.07, 6.45) is 8.50. The van der Waals surface area contributed by atoms with Gasteiger partial charge in [-0.1, -0.05) is 37.5 Å². The summed E-state index contributed by atoms with van der Waals surface area (Å²) in [6.45, 7) is 3.63. The van der Waals surface area contributed by atoms with E-state index < -0.39 is 0 Å². The first-order valence-corrected chi connectivity index (χ1v) is 11.3. The van der Waals surface area contributed by atoms with Crippen LogP contribution in [0, 0.1) is 12.7 Å². The highest BCUT2D eigenvalue weighted by atomic mass is 19.1. The SMILES string of the molecule is Cc1cc(-c2ccc3ccn(CC(=O)NCCN(C)C4CCCCC4)c3c2)ccc1F. The lowest BCUT2D eigenvalue weighted by atomic mass is 9.94. The number of rotatable bonds is 7. The van der Waals surface area contributed by atoms with Gasteiger partial charge in [-0.25, -0.2) is 4.39 Å². The number of amides is 1. The Balaban J connectivity index is 1.38. The van der Waals surface area contributed by atoms with Crippen LogP contribution in [-0.4, -0.2) is 41.6 Å².